The smallest absolute Gasteiger partial charge is 0.220 e. The summed E-state index contributed by atoms with van der Waals surface area (Å²) in [6.07, 6.45) is 11.8. The van der Waals surface area contributed by atoms with Crippen molar-refractivity contribution in [1.29, 1.82) is 0 Å². The number of hydrogen-bond acceptors (Lipinski definition) is 6. The lowest BCUT2D eigenvalue weighted by Gasteiger charge is -2.41. The number of benzene rings is 2. The van der Waals surface area contributed by atoms with Gasteiger partial charge in [-0.3, -0.25) is 4.90 Å². The topological polar surface area (TPSA) is 59.8 Å². The van der Waals surface area contributed by atoms with Gasteiger partial charge in [0.15, 0.2) is 0 Å². The quantitative estimate of drug-likeness (QED) is 0.249. The number of rotatable bonds is 4. The second-order valence-electron chi connectivity index (χ2n) is 12.6. The average Bonchev–Trinajstić information content (AvgIpc) is 3.56. The number of fused-ring (bicyclic) bond motifs is 5. The predicted molar refractivity (Wildman–Crippen MR) is 170 cm³/mol. The lowest BCUT2D eigenvalue weighted by molar-refractivity contribution is 0.206. The van der Waals surface area contributed by atoms with Gasteiger partial charge in [0.05, 0.1) is 17.4 Å². The number of aromatic nitrogens is 2. The minimum Gasteiger partial charge on any atom is -0.472 e. The summed E-state index contributed by atoms with van der Waals surface area (Å²) in [5.74, 6) is 3.78. The number of ether oxygens (including phenoxy) is 2. The SMILES string of the molecule is Cc1cc(Oc2cc(C3=N[C@@H]4C5C=CC=CC5C[C@@H]4O3)cc(C)n2)cc(N2c3ccccc3C(C)(C)c3cccnc32)c1. The van der Waals surface area contributed by atoms with Gasteiger partial charge in [0.1, 0.15) is 17.7 Å². The maximum atomic E-state index is 6.48. The van der Waals surface area contributed by atoms with E-state index in [1.807, 2.05) is 37.4 Å². The standard InChI is InChI=1S/C37H34N4O2/c1-22-16-26(41-31-14-8-7-12-29(31)37(3,4)30-13-9-15-38-35(30)41)21-27(17-22)42-33-20-25(18-23(2)39-33)36-40-34-28-11-6-5-10-24(28)19-32(34)43-36/h5-18,20-21,24,28,32,34H,19H2,1-4H3/t24?,28?,32-,34+/m0/s1. The van der Waals surface area contributed by atoms with Crippen molar-refractivity contribution in [3.05, 3.63) is 125 Å². The van der Waals surface area contributed by atoms with E-state index in [2.05, 4.69) is 92.4 Å². The van der Waals surface area contributed by atoms with Crippen LogP contribution in [0.5, 0.6) is 11.6 Å². The van der Waals surface area contributed by atoms with Crippen LogP contribution < -0.4 is 9.64 Å². The van der Waals surface area contributed by atoms with Crippen LogP contribution in [-0.2, 0) is 10.2 Å². The number of allylic oxidation sites excluding steroid dienone is 3. The van der Waals surface area contributed by atoms with Crippen molar-refractivity contribution in [3.8, 4) is 11.6 Å². The summed E-state index contributed by atoms with van der Waals surface area (Å²) in [6.45, 7) is 8.60. The lowest BCUT2D eigenvalue weighted by Crippen LogP contribution is -2.31. The van der Waals surface area contributed by atoms with E-state index in [1.54, 1.807) is 0 Å². The molecule has 4 heterocycles. The van der Waals surface area contributed by atoms with Crippen molar-refractivity contribution in [2.45, 2.75) is 51.7 Å². The molecule has 1 saturated carbocycles. The molecule has 4 aromatic rings. The molecule has 8 rings (SSSR count). The van der Waals surface area contributed by atoms with Gasteiger partial charge in [-0.2, -0.15) is 0 Å². The second kappa shape index (κ2) is 9.66. The first-order valence-corrected chi connectivity index (χ1v) is 15.1. The normalized spacial score (nSPS) is 24.0. The predicted octanol–water partition coefficient (Wildman–Crippen LogP) is 8.27. The van der Waals surface area contributed by atoms with E-state index in [-0.39, 0.29) is 17.6 Å². The van der Waals surface area contributed by atoms with Gasteiger partial charge in [-0.25, -0.2) is 15.0 Å². The summed E-state index contributed by atoms with van der Waals surface area (Å²) in [5.41, 5.74) is 7.24. The summed E-state index contributed by atoms with van der Waals surface area (Å²) in [7, 11) is 0. The van der Waals surface area contributed by atoms with Crippen LogP contribution in [0.4, 0.5) is 17.2 Å². The fourth-order valence-corrected chi connectivity index (χ4v) is 7.30. The molecule has 0 radical (unpaired) electrons. The van der Waals surface area contributed by atoms with Gasteiger partial charge in [0.25, 0.3) is 0 Å². The van der Waals surface area contributed by atoms with Crippen LogP contribution in [0, 0.1) is 25.7 Å². The molecule has 2 unspecified atom stereocenters. The molecule has 6 nitrogen and oxygen atoms in total. The van der Waals surface area contributed by atoms with Crippen LogP contribution in [0.15, 0.2) is 102 Å². The third kappa shape index (κ3) is 4.27. The summed E-state index contributed by atoms with van der Waals surface area (Å²) in [4.78, 5) is 16.9. The molecule has 43 heavy (non-hydrogen) atoms. The summed E-state index contributed by atoms with van der Waals surface area (Å²) in [5, 5.41) is 0. The molecule has 4 aliphatic rings. The van der Waals surface area contributed by atoms with E-state index in [9.17, 15) is 0 Å². The van der Waals surface area contributed by atoms with Gasteiger partial charge in [-0.15, -0.1) is 0 Å². The Bertz CT molecular complexity index is 1810. The van der Waals surface area contributed by atoms with E-state index in [0.717, 1.165) is 40.4 Å². The molecule has 2 aliphatic carbocycles. The van der Waals surface area contributed by atoms with Crippen molar-refractivity contribution in [3.63, 3.8) is 0 Å². The molecule has 214 valence electrons. The minimum atomic E-state index is -0.171. The van der Waals surface area contributed by atoms with E-state index < -0.39 is 0 Å². The van der Waals surface area contributed by atoms with E-state index >= 15 is 0 Å². The molecule has 0 spiro atoms. The van der Waals surface area contributed by atoms with Crippen molar-refractivity contribution < 1.29 is 9.47 Å². The fourth-order valence-electron chi connectivity index (χ4n) is 7.30. The number of nitrogens with zero attached hydrogens (tertiary/aromatic N) is 4. The molecule has 2 aliphatic heterocycles. The molecular weight excluding hydrogens is 532 g/mol. The average molecular weight is 567 g/mol. The Morgan fingerprint density at radius 1 is 0.930 bits per heavy atom. The Balaban J connectivity index is 1.14. The zero-order valence-corrected chi connectivity index (χ0v) is 24.9. The lowest BCUT2D eigenvalue weighted by atomic mass is 9.74. The van der Waals surface area contributed by atoms with Crippen LogP contribution in [0.3, 0.4) is 0 Å². The van der Waals surface area contributed by atoms with Crippen LogP contribution in [0.1, 0.15) is 48.2 Å². The maximum absolute atomic E-state index is 6.48. The van der Waals surface area contributed by atoms with Crippen molar-refractivity contribution in [2.75, 3.05) is 4.90 Å². The zero-order chi connectivity index (χ0) is 29.3. The number of aryl methyl sites for hydroxylation is 2. The number of pyridine rings is 2. The molecule has 0 saturated heterocycles. The third-order valence-electron chi connectivity index (χ3n) is 9.29. The highest BCUT2D eigenvalue weighted by atomic mass is 16.5. The largest absolute Gasteiger partial charge is 0.472 e. The number of aliphatic imine (C=N–C) groups is 1. The summed E-state index contributed by atoms with van der Waals surface area (Å²) in [6, 6.07) is 23.2. The van der Waals surface area contributed by atoms with Gasteiger partial charge >= 0.3 is 0 Å². The minimum absolute atomic E-state index is 0.114. The van der Waals surface area contributed by atoms with Gasteiger partial charge in [-0.1, -0.05) is 62.4 Å². The van der Waals surface area contributed by atoms with E-state index in [1.165, 1.54) is 11.1 Å². The first kappa shape index (κ1) is 26.0. The molecule has 2 aromatic heterocycles. The Labute approximate surface area is 252 Å². The number of hydrogen-bond donors (Lipinski definition) is 0. The van der Waals surface area contributed by atoms with Crippen LogP contribution >= 0.6 is 0 Å². The Morgan fingerprint density at radius 3 is 2.67 bits per heavy atom. The molecule has 2 aromatic carbocycles. The zero-order valence-electron chi connectivity index (χ0n) is 24.9. The van der Waals surface area contributed by atoms with Gasteiger partial charge in [-0.05, 0) is 67.6 Å². The van der Waals surface area contributed by atoms with E-state index in [4.69, 9.17) is 24.4 Å². The first-order chi connectivity index (χ1) is 20.8. The Hall–Kier alpha value is -4.71. The molecular formula is C37H34N4O2. The Kier molecular flexibility index (Phi) is 5.83. The summed E-state index contributed by atoms with van der Waals surface area (Å²) >= 11 is 0. The second-order valence-corrected chi connectivity index (χ2v) is 12.6. The summed E-state index contributed by atoms with van der Waals surface area (Å²) < 4.78 is 12.9. The molecule has 0 amide bonds. The van der Waals surface area contributed by atoms with Gasteiger partial charge < -0.3 is 9.47 Å². The van der Waals surface area contributed by atoms with Crippen LogP contribution in [0.2, 0.25) is 0 Å². The number of para-hydroxylation sites is 1. The van der Waals surface area contributed by atoms with Crippen molar-refractivity contribution in [1.82, 2.24) is 9.97 Å². The highest BCUT2D eigenvalue weighted by molar-refractivity contribution is 5.96. The monoisotopic (exact) mass is 566 g/mol. The molecule has 1 fully saturated rings. The fraction of sp³-hybridized carbons (Fsp3) is 0.270. The van der Waals surface area contributed by atoms with Gasteiger partial charge in [0, 0.05) is 46.5 Å². The van der Waals surface area contributed by atoms with E-state index in [0.29, 0.717) is 29.4 Å². The van der Waals surface area contributed by atoms with Crippen molar-refractivity contribution in [2.24, 2.45) is 16.8 Å². The first-order valence-electron chi connectivity index (χ1n) is 15.1. The molecule has 0 bridgehead atoms. The van der Waals surface area contributed by atoms with Crippen molar-refractivity contribution >= 4 is 23.1 Å². The molecule has 0 N–H and O–H groups in total. The molecule has 4 atom stereocenters. The Morgan fingerprint density at radius 2 is 1.77 bits per heavy atom. The maximum Gasteiger partial charge on any atom is 0.220 e. The van der Waals surface area contributed by atoms with Gasteiger partial charge in [0.2, 0.25) is 11.8 Å². The number of anilines is 3. The molecule has 6 heteroatoms. The third-order valence-corrected chi connectivity index (χ3v) is 9.29. The van der Waals surface area contributed by atoms with Crippen LogP contribution in [-0.4, -0.2) is 28.0 Å². The highest BCUT2D eigenvalue weighted by Gasteiger charge is 2.47. The van der Waals surface area contributed by atoms with Crippen LogP contribution in [0.25, 0.3) is 0 Å². The highest BCUT2D eigenvalue weighted by Crippen LogP contribution is 2.51.